The Hall–Kier alpha value is -2.13. The van der Waals surface area contributed by atoms with Crippen LogP contribution in [0.25, 0.3) is 0 Å². The molecule has 144 valence electrons. The van der Waals surface area contributed by atoms with Crippen LogP contribution in [0.2, 0.25) is 5.02 Å². The SMILES string of the molecule is O=C(O[C@H]1CCOC1=O)c1cc2c(cc1Cl)N1CCCCCC1=NS2(=O)=O. The van der Waals surface area contributed by atoms with E-state index in [9.17, 15) is 18.0 Å². The van der Waals surface area contributed by atoms with Crippen LogP contribution in [0.1, 0.15) is 42.5 Å². The quantitative estimate of drug-likeness (QED) is 0.686. The van der Waals surface area contributed by atoms with Crippen molar-refractivity contribution in [3.05, 3.63) is 22.7 Å². The molecule has 0 bridgehead atoms. The fourth-order valence-corrected chi connectivity index (χ4v) is 4.93. The summed E-state index contributed by atoms with van der Waals surface area (Å²) in [5.41, 5.74) is 0.302. The van der Waals surface area contributed by atoms with Crippen LogP contribution in [0.3, 0.4) is 0 Å². The van der Waals surface area contributed by atoms with Crippen LogP contribution in [0.15, 0.2) is 21.4 Å². The van der Waals surface area contributed by atoms with Crippen molar-refractivity contribution in [3.8, 4) is 0 Å². The van der Waals surface area contributed by atoms with E-state index in [2.05, 4.69) is 4.40 Å². The van der Waals surface area contributed by atoms with Gasteiger partial charge in [0.25, 0.3) is 10.0 Å². The van der Waals surface area contributed by atoms with Gasteiger partial charge in [0.1, 0.15) is 10.7 Å². The Bertz CT molecular complexity index is 958. The zero-order chi connectivity index (χ0) is 19.2. The van der Waals surface area contributed by atoms with Crippen LogP contribution in [0.5, 0.6) is 0 Å². The van der Waals surface area contributed by atoms with Crippen LogP contribution in [-0.4, -0.2) is 45.4 Å². The maximum Gasteiger partial charge on any atom is 0.347 e. The molecule has 3 heterocycles. The number of carbonyl (C=O) groups excluding carboxylic acids is 2. The van der Waals surface area contributed by atoms with Gasteiger partial charge >= 0.3 is 11.9 Å². The summed E-state index contributed by atoms with van der Waals surface area (Å²) in [7, 11) is -3.95. The molecule has 27 heavy (non-hydrogen) atoms. The second-order valence-electron chi connectivity index (χ2n) is 6.59. The van der Waals surface area contributed by atoms with Crippen LogP contribution >= 0.6 is 11.6 Å². The van der Waals surface area contributed by atoms with E-state index < -0.39 is 28.1 Å². The Morgan fingerprint density at radius 3 is 2.85 bits per heavy atom. The standard InChI is InChI=1S/C17H17ClN2O6S/c18-11-9-12-14(8-10(11)16(21)26-13-5-7-25-17(13)22)27(23,24)19-15-4-2-1-3-6-20(12)15/h8-9,13H,1-7H2/t13-/m0/s1. The molecule has 0 unspecified atom stereocenters. The summed E-state index contributed by atoms with van der Waals surface area (Å²) >= 11 is 6.26. The van der Waals surface area contributed by atoms with Gasteiger partial charge in [0.05, 0.1) is 22.9 Å². The van der Waals surface area contributed by atoms with Gasteiger partial charge < -0.3 is 14.4 Å². The Balaban J connectivity index is 1.73. The molecule has 3 aliphatic heterocycles. The largest absolute Gasteiger partial charge is 0.463 e. The van der Waals surface area contributed by atoms with E-state index in [0.717, 1.165) is 19.3 Å². The van der Waals surface area contributed by atoms with Gasteiger partial charge in [0.15, 0.2) is 0 Å². The van der Waals surface area contributed by atoms with Crippen molar-refractivity contribution in [2.75, 3.05) is 18.1 Å². The van der Waals surface area contributed by atoms with Gasteiger partial charge in [0.2, 0.25) is 6.10 Å². The number of benzene rings is 1. The van der Waals surface area contributed by atoms with E-state index in [0.29, 0.717) is 24.5 Å². The van der Waals surface area contributed by atoms with Crippen LogP contribution in [-0.2, 0) is 24.3 Å². The Morgan fingerprint density at radius 1 is 1.30 bits per heavy atom. The number of ether oxygens (including phenoxy) is 2. The van der Waals surface area contributed by atoms with Gasteiger partial charge in [0, 0.05) is 19.4 Å². The molecule has 2 saturated heterocycles. The molecule has 1 aromatic rings. The highest BCUT2D eigenvalue weighted by atomic mass is 35.5. The first-order chi connectivity index (χ1) is 12.9. The summed E-state index contributed by atoms with van der Waals surface area (Å²) in [6.45, 7) is 0.810. The van der Waals surface area contributed by atoms with Crippen molar-refractivity contribution < 1.29 is 27.5 Å². The smallest absolute Gasteiger partial charge is 0.347 e. The van der Waals surface area contributed by atoms with E-state index in [1.165, 1.54) is 12.1 Å². The van der Waals surface area contributed by atoms with Crippen molar-refractivity contribution >= 4 is 45.1 Å². The fourth-order valence-electron chi connectivity index (χ4n) is 3.43. The summed E-state index contributed by atoms with van der Waals surface area (Å²) in [5.74, 6) is -0.989. The molecule has 0 amide bonds. The number of halogens is 1. The van der Waals surface area contributed by atoms with E-state index in [1.807, 2.05) is 4.90 Å². The van der Waals surface area contributed by atoms with Crippen LogP contribution in [0.4, 0.5) is 5.69 Å². The molecule has 2 fully saturated rings. The number of rotatable bonds is 2. The van der Waals surface area contributed by atoms with E-state index >= 15 is 0 Å². The Labute approximate surface area is 161 Å². The molecule has 3 aliphatic rings. The lowest BCUT2D eigenvalue weighted by Gasteiger charge is -2.30. The minimum atomic E-state index is -3.95. The molecule has 0 N–H and O–H groups in total. The van der Waals surface area contributed by atoms with Crippen molar-refractivity contribution in [2.45, 2.75) is 43.1 Å². The molecule has 1 aromatic carbocycles. The molecule has 4 rings (SSSR count). The van der Waals surface area contributed by atoms with Crippen molar-refractivity contribution in [1.82, 2.24) is 0 Å². The van der Waals surface area contributed by atoms with E-state index in [1.54, 1.807) is 0 Å². The monoisotopic (exact) mass is 412 g/mol. The lowest BCUT2D eigenvalue weighted by Crippen LogP contribution is -2.35. The first kappa shape index (κ1) is 18.2. The minimum absolute atomic E-state index is 0.0609. The summed E-state index contributed by atoms with van der Waals surface area (Å²) < 4.78 is 39.1. The highest BCUT2D eigenvalue weighted by Gasteiger charge is 2.35. The number of anilines is 1. The Morgan fingerprint density at radius 2 is 2.11 bits per heavy atom. The fraction of sp³-hybridized carbons (Fsp3) is 0.471. The van der Waals surface area contributed by atoms with Crippen molar-refractivity contribution in [3.63, 3.8) is 0 Å². The first-order valence-corrected chi connectivity index (χ1v) is 10.5. The minimum Gasteiger partial charge on any atom is -0.463 e. The zero-order valence-corrected chi connectivity index (χ0v) is 15.9. The number of hydrogen-bond acceptors (Lipinski definition) is 7. The van der Waals surface area contributed by atoms with Gasteiger partial charge in [-0.1, -0.05) is 18.0 Å². The van der Waals surface area contributed by atoms with Crippen LogP contribution in [0, 0.1) is 0 Å². The van der Waals surface area contributed by atoms with Gasteiger partial charge in [-0.3, -0.25) is 0 Å². The topological polar surface area (TPSA) is 102 Å². The molecule has 0 radical (unpaired) electrons. The predicted octanol–water partition coefficient (Wildman–Crippen LogP) is 2.29. The highest BCUT2D eigenvalue weighted by Crippen LogP contribution is 2.38. The molecule has 0 aliphatic carbocycles. The number of amidine groups is 1. The number of fused-ring (bicyclic) bond motifs is 3. The summed E-state index contributed by atoms with van der Waals surface area (Å²) in [5, 5.41) is 0.0609. The number of sulfonamides is 1. The van der Waals surface area contributed by atoms with Gasteiger partial charge in [-0.2, -0.15) is 8.42 Å². The van der Waals surface area contributed by atoms with Crippen molar-refractivity contribution in [1.29, 1.82) is 0 Å². The van der Waals surface area contributed by atoms with E-state index in [4.69, 9.17) is 21.1 Å². The second-order valence-corrected chi connectivity index (χ2v) is 8.57. The summed E-state index contributed by atoms with van der Waals surface area (Å²) in [4.78, 5) is 25.7. The predicted molar refractivity (Wildman–Crippen MR) is 96.7 cm³/mol. The van der Waals surface area contributed by atoms with Gasteiger partial charge in [-0.25, -0.2) is 9.59 Å². The molecule has 0 aromatic heterocycles. The maximum atomic E-state index is 12.6. The van der Waals surface area contributed by atoms with Gasteiger partial charge in [-0.15, -0.1) is 4.40 Å². The third kappa shape index (κ3) is 3.29. The third-order valence-corrected chi connectivity index (χ3v) is 6.44. The molecule has 0 saturated carbocycles. The lowest BCUT2D eigenvalue weighted by molar-refractivity contribution is -0.145. The van der Waals surface area contributed by atoms with Crippen LogP contribution < -0.4 is 4.90 Å². The average molecular weight is 413 g/mol. The third-order valence-electron chi connectivity index (χ3n) is 4.79. The molecule has 1 atom stereocenters. The molecule has 0 spiro atoms. The summed E-state index contributed by atoms with van der Waals surface area (Å²) in [6.07, 6.45) is 2.59. The number of carbonyl (C=O) groups is 2. The normalized spacial score (nSPS) is 23.6. The summed E-state index contributed by atoms with van der Waals surface area (Å²) in [6, 6.07) is 2.64. The average Bonchev–Trinajstić information content (AvgIpc) is 2.87. The highest BCUT2D eigenvalue weighted by molar-refractivity contribution is 7.90. The van der Waals surface area contributed by atoms with Crippen molar-refractivity contribution in [2.24, 2.45) is 4.40 Å². The molecular weight excluding hydrogens is 396 g/mol. The molecule has 8 nitrogen and oxygen atoms in total. The molecular formula is C17H17ClN2O6S. The number of esters is 2. The first-order valence-electron chi connectivity index (χ1n) is 8.69. The molecule has 10 heteroatoms. The zero-order valence-electron chi connectivity index (χ0n) is 14.3. The number of cyclic esters (lactones) is 1. The van der Waals surface area contributed by atoms with Gasteiger partial charge in [-0.05, 0) is 25.0 Å². The lowest BCUT2D eigenvalue weighted by atomic mass is 10.1. The Kier molecular flexibility index (Phi) is 4.59. The number of hydrogen-bond donors (Lipinski definition) is 0. The number of nitrogens with zero attached hydrogens (tertiary/aromatic N) is 2. The second kappa shape index (κ2) is 6.79. The van der Waals surface area contributed by atoms with E-state index in [-0.39, 0.29) is 28.5 Å². The maximum absolute atomic E-state index is 12.6.